The maximum Gasteiger partial charge on any atom is 0.262 e. The number of amides is 2. The van der Waals surface area contributed by atoms with Crippen molar-refractivity contribution in [2.45, 2.75) is 49.5 Å². The molecule has 4 rings (SSSR count). The number of carbonyl (C=O) groups is 2. The number of anilines is 1. The van der Waals surface area contributed by atoms with Crippen LogP contribution in [0.1, 0.15) is 37.7 Å². The summed E-state index contributed by atoms with van der Waals surface area (Å²) in [5.74, 6) is 0.0956. The first-order chi connectivity index (χ1) is 16.4. The zero-order valence-electron chi connectivity index (χ0n) is 19.4. The predicted octanol–water partition coefficient (Wildman–Crippen LogP) is 2.72. The Morgan fingerprint density at radius 3 is 2.35 bits per heavy atom. The van der Waals surface area contributed by atoms with Crippen LogP contribution in [0.15, 0.2) is 53.4 Å². The maximum atomic E-state index is 13.1. The number of fused-ring (bicyclic) bond motifs is 1. The summed E-state index contributed by atoms with van der Waals surface area (Å²) in [7, 11) is -1.96. The predicted molar refractivity (Wildman–Crippen MR) is 129 cm³/mol. The first-order valence-electron chi connectivity index (χ1n) is 11.8. The lowest BCUT2D eigenvalue weighted by atomic mass is 10.1. The van der Waals surface area contributed by atoms with Crippen LogP contribution in [0.3, 0.4) is 0 Å². The van der Waals surface area contributed by atoms with Gasteiger partial charge in [0.1, 0.15) is 5.75 Å². The average Bonchev–Trinajstić information content (AvgIpc) is 3.16. The highest BCUT2D eigenvalue weighted by Gasteiger charge is 2.33. The molecule has 0 radical (unpaired) electrons. The van der Waals surface area contributed by atoms with Gasteiger partial charge in [-0.2, -0.15) is 4.31 Å². The van der Waals surface area contributed by atoms with Gasteiger partial charge in [0.2, 0.25) is 15.9 Å². The number of ether oxygens (including phenoxy) is 1. The lowest BCUT2D eigenvalue weighted by Crippen LogP contribution is -2.50. The van der Waals surface area contributed by atoms with Crippen molar-refractivity contribution in [3.05, 3.63) is 54.1 Å². The second-order valence-electron chi connectivity index (χ2n) is 8.66. The molecule has 2 amide bonds. The van der Waals surface area contributed by atoms with Crippen molar-refractivity contribution in [3.63, 3.8) is 0 Å². The number of nitrogens with zero attached hydrogens (tertiary/aromatic N) is 2. The van der Waals surface area contributed by atoms with Gasteiger partial charge in [-0.05, 0) is 49.1 Å². The highest BCUT2D eigenvalue weighted by Crippen LogP contribution is 2.33. The number of rotatable bonds is 6. The molecule has 8 nitrogen and oxygen atoms in total. The van der Waals surface area contributed by atoms with E-state index >= 15 is 0 Å². The minimum Gasteiger partial charge on any atom is -0.477 e. The van der Waals surface area contributed by atoms with Crippen LogP contribution in [0, 0.1) is 0 Å². The third-order valence-corrected chi connectivity index (χ3v) is 8.28. The number of nitrogens with one attached hydrogen (secondary N) is 1. The smallest absolute Gasteiger partial charge is 0.262 e. The van der Waals surface area contributed by atoms with Crippen molar-refractivity contribution < 1.29 is 22.7 Å². The van der Waals surface area contributed by atoms with Gasteiger partial charge in [-0.3, -0.25) is 9.59 Å². The number of likely N-dealkylation sites (N-methyl/N-ethyl adjacent to an activating group) is 1. The quantitative estimate of drug-likeness (QED) is 0.679. The average molecular weight is 486 g/mol. The van der Waals surface area contributed by atoms with Crippen LogP contribution in [-0.4, -0.2) is 57.3 Å². The van der Waals surface area contributed by atoms with Crippen LogP contribution in [0.25, 0.3) is 0 Å². The van der Waals surface area contributed by atoms with Crippen molar-refractivity contribution >= 4 is 27.5 Å². The van der Waals surface area contributed by atoms with E-state index < -0.39 is 16.1 Å². The van der Waals surface area contributed by atoms with Gasteiger partial charge in [-0.25, -0.2) is 8.42 Å². The van der Waals surface area contributed by atoms with Crippen molar-refractivity contribution in [1.82, 2.24) is 9.62 Å². The topological polar surface area (TPSA) is 96.0 Å². The van der Waals surface area contributed by atoms with Gasteiger partial charge in [0.05, 0.1) is 17.1 Å². The van der Waals surface area contributed by atoms with E-state index in [9.17, 15) is 18.0 Å². The van der Waals surface area contributed by atoms with E-state index in [-0.39, 0.29) is 24.8 Å². The summed E-state index contributed by atoms with van der Waals surface area (Å²) in [6, 6.07) is 14.0. The fraction of sp³-hybridized carbons (Fsp3) is 0.440. The van der Waals surface area contributed by atoms with Crippen LogP contribution in [0.2, 0.25) is 0 Å². The standard InChI is InChI=1S/C25H31N3O5S/c1-26-25(30)23-18-28(21-8-4-5-9-22(21)33-23)24(29)15-12-19-10-13-20(14-11-19)34(31,32)27-16-6-2-3-7-17-27/h4-5,8-11,13-14,23H,2-3,6-7,12,15-18H2,1H3,(H,26,30)/t23-/m0/s1. The Kier molecular flexibility index (Phi) is 7.53. The third-order valence-electron chi connectivity index (χ3n) is 6.37. The summed E-state index contributed by atoms with van der Waals surface area (Å²) in [5.41, 5.74) is 1.53. The highest BCUT2D eigenvalue weighted by atomic mass is 32.2. The molecule has 2 aromatic rings. The van der Waals surface area contributed by atoms with Gasteiger partial charge >= 0.3 is 0 Å². The number of hydrogen-bond donors (Lipinski definition) is 1. The van der Waals surface area contributed by atoms with E-state index in [2.05, 4.69) is 5.32 Å². The molecule has 0 unspecified atom stereocenters. The van der Waals surface area contributed by atoms with Crippen molar-refractivity contribution in [2.75, 3.05) is 31.6 Å². The van der Waals surface area contributed by atoms with Crippen LogP contribution >= 0.6 is 0 Å². The van der Waals surface area contributed by atoms with E-state index in [4.69, 9.17) is 4.74 Å². The number of hydrogen-bond acceptors (Lipinski definition) is 5. The fourth-order valence-electron chi connectivity index (χ4n) is 4.41. The summed E-state index contributed by atoms with van der Waals surface area (Å²) in [4.78, 5) is 27.1. The SMILES string of the molecule is CNC(=O)[C@@H]1CN(C(=O)CCc2ccc(S(=O)(=O)N3CCCCCC3)cc2)c2ccccc2O1. The molecular weight excluding hydrogens is 454 g/mol. The zero-order chi connectivity index (χ0) is 24.1. The minimum atomic E-state index is -3.49. The molecule has 1 atom stereocenters. The lowest BCUT2D eigenvalue weighted by molar-refractivity contribution is -0.127. The molecule has 0 aromatic heterocycles. The Hall–Kier alpha value is -2.91. The van der Waals surface area contributed by atoms with Crippen molar-refractivity contribution in [1.29, 1.82) is 0 Å². The summed E-state index contributed by atoms with van der Waals surface area (Å²) >= 11 is 0. The van der Waals surface area contributed by atoms with E-state index in [1.165, 1.54) is 7.05 Å². The number of aryl methyl sites for hydroxylation is 1. The Morgan fingerprint density at radius 1 is 1.00 bits per heavy atom. The molecule has 1 N–H and O–H groups in total. The molecule has 182 valence electrons. The molecule has 0 saturated carbocycles. The zero-order valence-corrected chi connectivity index (χ0v) is 20.2. The van der Waals surface area contributed by atoms with E-state index in [1.54, 1.807) is 51.7 Å². The van der Waals surface area contributed by atoms with Gasteiger partial charge < -0.3 is 15.0 Å². The molecule has 0 spiro atoms. The normalized spacial score (nSPS) is 19.0. The molecule has 9 heteroatoms. The molecule has 1 saturated heterocycles. The largest absolute Gasteiger partial charge is 0.477 e. The second kappa shape index (κ2) is 10.6. The van der Waals surface area contributed by atoms with Crippen LogP contribution < -0.4 is 15.0 Å². The molecule has 1 fully saturated rings. The third kappa shape index (κ3) is 5.26. The van der Waals surface area contributed by atoms with Gasteiger partial charge in [-0.1, -0.05) is 37.1 Å². The molecule has 34 heavy (non-hydrogen) atoms. The Bertz CT molecular complexity index is 1130. The van der Waals surface area contributed by atoms with Crippen LogP contribution in [0.4, 0.5) is 5.69 Å². The molecule has 2 aliphatic rings. The van der Waals surface area contributed by atoms with E-state index in [0.717, 1.165) is 31.2 Å². The minimum absolute atomic E-state index is 0.120. The number of benzene rings is 2. The molecule has 0 bridgehead atoms. The summed E-state index contributed by atoms with van der Waals surface area (Å²) in [6.45, 7) is 1.27. The number of sulfonamides is 1. The van der Waals surface area contributed by atoms with E-state index in [0.29, 0.717) is 35.8 Å². The Morgan fingerprint density at radius 2 is 1.68 bits per heavy atom. The molecule has 2 heterocycles. The first kappa shape index (κ1) is 24.2. The van der Waals surface area contributed by atoms with Gasteiger partial charge in [0, 0.05) is 26.6 Å². The van der Waals surface area contributed by atoms with Crippen molar-refractivity contribution in [3.8, 4) is 5.75 Å². The molecular formula is C25H31N3O5S. The second-order valence-corrected chi connectivity index (χ2v) is 10.6. The summed E-state index contributed by atoms with van der Waals surface area (Å²) in [5, 5.41) is 2.57. The summed E-state index contributed by atoms with van der Waals surface area (Å²) in [6.07, 6.45) is 3.84. The van der Waals surface area contributed by atoms with Gasteiger partial charge in [-0.15, -0.1) is 0 Å². The van der Waals surface area contributed by atoms with Gasteiger partial charge in [0.25, 0.3) is 5.91 Å². The monoisotopic (exact) mass is 485 g/mol. The molecule has 2 aliphatic heterocycles. The lowest BCUT2D eigenvalue weighted by Gasteiger charge is -2.34. The number of carbonyl (C=O) groups excluding carboxylic acids is 2. The van der Waals surface area contributed by atoms with Crippen LogP contribution in [0.5, 0.6) is 5.75 Å². The number of para-hydroxylation sites is 2. The van der Waals surface area contributed by atoms with E-state index in [1.807, 2.05) is 6.07 Å². The Balaban J connectivity index is 1.42. The Labute approximate surface area is 200 Å². The molecule has 0 aliphatic carbocycles. The summed E-state index contributed by atoms with van der Waals surface area (Å²) < 4.78 is 33.3. The highest BCUT2D eigenvalue weighted by molar-refractivity contribution is 7.89. The maximum absolute atomic E-state index is 13.1. The van der Waals surface area contributed by atoms with Gasteiger partial charge in [0.15, 0.2) is 6.10 Å². The first-order valence-corrected chi connectivity index (χ1v) is 13.2. The fourth-order valence-corrected chi connectivity index (χ4v) is 5.93. The van der Waals surface area contributed by atoms with Crippen LogP contribution in [-0.2, 0) is 26.0 Å². The molecule has 2 aromatic carbocycles. The van der Waals surface area contributed by atoms with Crippen molar-refractivity contribution in [2.24, 2.45) is 0 Å².